The van der Waals surface area contributed by atoms with E-state index in [-0.39, 0.29) is 48.0 Å². The van der Waals surface area contributed by atoms with Crippen molar-refractivity contribution in [3.63, 3.8) is 0 Å². The molecule has 0 saturated carbocycles. The molecule has 0 saturated heterocycles. The van der Waals surface area contributed by atoms with E-state index in [1.54, 1.807) is 12.2 Å². The Kier molecular flexibility index (Phi) is 11.8. The van der Waals surface area contributed by atoms with E-state index in [1.165, 1.54) is 0 Å². The number of carboxylic acid groups (broad SMARTS) is 4. The highest BCUT2D eigenvalue weighted by Crippen LogP contribution is 2.72. The van der Waals surface area contributed by atoms with Crippen molar-refractivity contribution in [2.75, 3.05) is 28.2 Å². The Balaban J connectivity index is 2.64. The van der Waals surface area contributed by atoms with Gasteiger partial charge in [-0.25, -0.2) is 0 Å². The highest BCUT2D eigenvalue weighted by molar-refractivity contribution is 6.03. The summed E-state index contributed by atoms with van der Waals surface area (Å²) in [4.78, 5) is 69.3. The van der Waals surface area contributed by atoms with Gasteiger partial charge in [0, 0.05) is 44.3 Å². The zero-order valence-corrected chi connectivity index (χ0v) is 40.6. The molecule has 0 spiro atoms. The van der Waals surface area contributed by atoms with E-state index < -0.39 is 90.9 Å². The maximum atomic E-state index is 15.9. The van der Waals surface area contributed by atoms with E-state index in [4.69, 9.17) is 0 Å². The number of hydrogen-bond donors (Lipinski definition) is 4. The molecule has 60 heavy (non-hydrogen) atoms. The Morgan fingerprint density at radius 2 is 0.717 bits per heavy atom. The molecule has 0 fully saturated rings. The molecular formula is C48H78N4O8. The summed E-state index contributed by atoms with van der Waals surface area (Å²) >= 11 is 0. The SMILES string of the molecule is CN1C(C)(C)C=C(C(CC(=O)O)(C(=O)O)C(C(=O)O)(C2=CC(C)(C)N(C)C(C)(C)C2)C(C(=O)O)(C2=CC(C)(C)N(C)C(C)(C)C2)C2=CC(C)(C)N(C)C(C)(C)C2)CC1(C)C. The number of rotatable bonds is 11. The van der Waals surface area contributed by atoms with Gasteiger partial charge in [-0.2, -0.15) is 0 Å². The number of aliphatic carboxylic acids is 4. The molecule has 4 N–H and O–H groups in total. The van der Waals surface area contributed by atoms with Crippen LogP contribution in [-0.4, -0.2) is 136 Å². The predicted molar refractivity (Wildman–Crippen MR) is 237 cm³/mol. The van der Waals surface area contributed by atoms with Gasteiger partial charge in [-0.3, -0.25) is 38.8 Å². The molecule has 338 valence electrons. The Labute approximate surface area is 360 Å². The first-order valence-corrected chi connectivity index (χ1v) is 21.4. The normalized spacial score (nSPS) is 28.1. The summed E-state index contributed by atoms with van der Waals surface area (Å²) < 4.78 is 0. The smallest absolute Gasteiger partial charge is 0.319 e. The number of nitrogens with zero attached hydrogens (tertiary/aromatic N) is 4. The lowest BCUT2D eigenvalue weighted by molar-refractivity contribution is -0.188. The average molecular weight is 839 g/mol. The van der Waals surface area contributed by atoms with Gasteiger partial charge in [0.25, 0.3) is 0 Å². The lowest BCUT2D eigenvalue weighted by Crippen LogP contribution is -2.72. The molecule has 0 aromatic heterocycles. The Morgan fingerprint density at radius 1 is 0.450 bits per heavy atom. The molecule has 12 heteroatoms. The van der Waals surface area contributed by atoms with Crippen molar-refractivity contribution in [3.8, 4) is 0 Å². The van der Waals surface area contributed by atoms with Gasteiger partial charge in [0.2, 0.25) is 0 Å². The van der Waals surface area contributed by atoms with E-state index in [2.05, 4.69) is 19.6 Å². The first-order chi connectivity index (χ1) is 26.6. The van der Waals surface area contributed by atoms with Crippen LogP contribution in [-0.2, 0) is 19.2 Å². The van der Waals surface area contributed by atoms with Gasteiger partial charge in [0.1, 0.15) is 16.2 Å². The zero-order valence-electron chi connectivity index (χ0n) is 40.6. The van der Waals surface area contributed by atoms with Crippen LogP contribution >= 0.6 is 0 Å². The van der Waals surface area contributed by atoms with Crippen LogP contribution in [0.1, 0.15) is 143 Å². The molecule has 0 radical (unpaired) electrons. The summed E-state index contributed by atoms with van der Waals surface area (Å²) in [5.41, 5.74) is -14.5. The van der Waals surface area contributed by atoms with Gasteiger partial charge in [-0.05, 0) is 176 Å². The van der Waals surface area contributed by atoms with Crippen LogP contribution < -0.4 is 0 Å². The first kappa shape index (κ1) is 49.3. The topological polar surface area (TPSA) is 162 Å². The van der Waals surface area contributed by atoms with E-state index in [1.807, 2.05) is 151 Å². The fourth-order valence-corrected chi connectivity index (χ4v) is 12.3. The van der Waals surface area contributed by atoms with Gasteiger partial charge < -0.3 is 20.4 Å². The minimum Gasteiger partial charge on any atom is -0.481 e. The molecule has 2 atom stereocenters. The number of hydrogen-bond acceptors (Lipinski definition) is 8. The van der Waals surface area contributed by atoms with Crippen LogP contribution in [0.2, 0.25) is 0 Å². The summed E-state index contributed by atoms with van der Waals surface area (Å²) in [5.74, 6) is -6.43. The van der Waals surface area contributed by atoms with Crippen molar-refractivity contribution in [3.05, 3.63) is 46.6 Å². The lowest BCUT2D eigenvalue weighted by atomic mass is 9.38. The van der Waals surface area contributed by atoms with Crippen molar-refractivity contribution in [2.24, 2.45) is 16.2 Å². The van der Waals surface area contributed by atoms with Crippen LogP contribution in [0.15, 0.2) is 46.6 Å². The second kappa shape index (κ2) is 14.4. The second-order valence-electron chi connectivity index (χ2n) is 23.4. The van der Waals surface area contributed by atoms with E-state index in [9.17, 15) is 25.2 Å². The fourth-order valence-electron chi connectivity index (χ4n) is 12.3. The van der Waals surface area contributed by atoms with Crippen molar-refractivity contribution >= 4 is 23.9 Å². The maximum Gasteiger partial charge on any atom is 0.319 e. The highest BCUT2D eigenvalue weighted by atomic mass is 16.4. The zero-order chi connectivity index (χ0) is 46.8. The molecule has 0 aromatic rings. The van der Waals surface area contributed by atoms with Crippen molar-refractivity contribution in [1.82, 2.24) is 19.6 Å². The van der Waals surface area contributed by atoms with Crippen LogP contribution in [0.4, 0.5) is 0 Å². The Bertz CT molecular complexity index is 1910. The third-order valence-corrected chi connectivity index (χ3v) is 16.3. The molecule has 4 rings (SSSR count). The van der Waals surface area contributed by atoms with Gasteiger partial charge in [0.05, 0.1) is 6.42 Å². The molecule has 2 unspecified atom stereocenters. The van der Waals surface area contributed by atoms with Crippen LogP contribution in [0.25, 0.3) is 0 Å². The van der Waals surface area contributed by atoms with Gasteiger partial charge >= 0.3 is 23.9 Å². The summed E-state index contributed by atoms with van der Waals surface area (Å²) in [5, 5.41) is 49.4. The molecule has 0 bridgehead atoms. The van der Waals surface area contributed by atoms with E-state index in [0.29, 0.717) is 0 Å². The average Bonchev–Trinajstić information content (AvgIpc) is 3.03. The van der Waals surface area contributed by atoms with Crippen molar-refractivity contribution in [2.45, 2.75) is 187 Å². The lowest BCUT2D eigenvalue weighted by Gasteiger charge is -2.64. The monoisotopic (exact) mass is 839 g/mol. The first-order valence-electron chi connectivity index (χ1n) is 21.4. The number of carboxylic acids is 4. The van der Waals surface area contributed by atoms with Gasteiger partial charge in [0.15, 0.2) is 0 Å². The Morgan fingerprint density at radius 3 is 0.967 bits per heavy atom. The molecule has 0 aliphatic carbocycles. The molecule has 4 heterocycles. The summed E-state index contributed by atoms with van der Waals surface area (Å²) in [6.45, 7) is 31.1. The molecular weight excluding hydrogens is 761 g/mol. The van der Waals surface area contributed by atoms with Gasteiger partial charge in [-0.1, -0.05) is 35.5 Å². The third kappa shape index (κ3) is 7.03. The molecule has 4 aliphatic rings. The number of carbonyl (C=O) groups is 4. The minimum atomic E-state index is -2.97. The van der Waals surface area contributed by atoms with Crippen LogP contribution in [0, 0.1) is 16.2 Å². The van der Waals surface area contributed by atoms with E-state index >= 15 is 14.4 Å². The van der Waals surface area contributed by atoms with E-state index in [0.717, 1.165) is 0 Å². The molecule has 0 aromatic carbocycles. The third-order valence-electron chi connectivity index (χ3n) is 16.3. The predicted octanol–water partition coefficient (Wildman–Crippen LogP) is 7.95. The molecule has 12 nitrogen and oxygen atoms in total. The second-order valence-corrected chi connectivity index (χ2v) is 23.4. The molecule has 0 amide bonds. The van der Waals surface area contributed by atoms with Crippen LogP contribution in [0.5, 0.6) is 0 Å². The quantitative estimate of drug-likeness (QED) is 0.149. The van der Waals surface area contributed by atoms with Crippen molar-refractivity contribution < 1.29 is 39.6 Å². The standard InChI is InChI=1S/C48H78N4O8/c1-38(2)21-30(22-39(3,4)49(38)17)46(35(55)56,29-34(53)54)48(37(59)60,33-27-44(13,14)52(20)45(15,16)28-33)47(36(57)58,31-23-40(5,6)50(18)41(7,8)24-31)32-25-42(9,10)51(19)43(11,12)26-32/h21,23,25,27H,22,24,26,28-29H2,1-20H3,(H,53,54)(H,55,56)(H,57,58)(H,59,60). The maximum absolute atomic E-state index is 15.9. The summed E-state index contributed by atoms with van der Waals surface area (Å²) in [6.07, 6.45) is 6.02. The highest BCUT2D eigenvalue weighted by Gasteiger charge is 2.80. The molecule has 4 aliphatic heterocycles. The van der Waals surface area contributed by atoms with Crippen LogP contribution in [0.3, 0.4) is 0 Å². The summed E-state index contributed by atoms with van der Waals surface area (Å²) in [7, 11) is 7.72. The Hall–Kier alpha value is -3.32. The minimum absolute atomic E-state index is 0.0330. The van der Waals surface area contributed by atoms with Gasteiger partial charge in [-0.15, -0.1) is 0 Å². The van der Waals surface area contributed by atoms with Crippen molar-refractivity contribution in [1.29, 1.82) is 0 Å². The summed E-state index contributed by atoms with van der Waals surface area (Å²) in [6, 6.07) is 0. The largest absolute Gasteiger partial charge is 0.481 e. The fraction of sp³-hybridized carbons (Fsp3) is 0.750. The number of likely N-dealkylation sites (N-methyl/N-ethyl adjacent to an activating group) is 4.